The Morgan fingerprint density at radius 1 is 1.29 bits per heavy atom. The molecule has 0 aromatic carbocycles. The van der Waals surface area contributed by atoms with E-state index in [1.165, 1.54) is 43.6 Å². The molecule has 2 heterocycles. The highest BCUT2D eigenvalue weighted by atomic mass is 32.1. The quantitative estimate of drug-likeness (QED) is 0.860. The first-order valence-electron chi connectivity index (χ1n) is 6.62. The molecule has 4 heteroatoms. The molecule has 2 aliphatic rings. The van der Waals surface area contributed by atoms with Gasteiger partial charge in [-0.25, -0.2) is 0 Å². The molecule has 0 atom stereocenters. The molecule has 0 unspecified atom stereocenters. The third-order valence-electron chi connectivity index (χ3n) is 3.92. The number of rotatable bonds is 4. The van der Waals surface area contributed by atoms with Gasteiger partial charge in [0, 0.05) is 29.2 Å². The third-order valence-corrected chi connectivity index (χ3v) is 4.86. The molecular weight excluding hydrogens is 230 g/mol. The van der Waals surface area contributed by atoms with Crippen molar-refractivity contribution in [3.05, 3.63) is 16.3 Å². The molecule has 0 bridgehead atoms. The molecule has 1 saturated heterocycles. The molecule has 1 aliphatic heterocycles. The third kappa shape index (κ3) is 2.81. The van der Waals surface area contributed by atoms with E-state index >= 15 is 0 Å². The SMILES string of the molecule is Nc1ccsc1CNC1CCN(C2CC2)CC1. The number of hydrogen-bond acceptors (Lipinski definition) is 4. The van der Waals surface area contributed by atoms with Gasteiger partial charge in [0.05, 0.1) is 0 Å². The monoisotopic (exact) mass is 251 g/mol. The van der Waals surface area contributed by atoms with Crippen molar-refractivity contribution in [2.75, 3.05) is 18.8 Å². The maximum Gasteiger partial charge on any atom is 0.0468 e. The second-order valence-corrected chi connectivity index (χ2v) is 6.22. The summed E-state index contributed by atoms with van der Waals surface area (Å²) in [7, 11) is 0. The molecule has 1 aromatic heterocycles. The Kier molecular flexibility index (Phi) is 3.36. The zero-order chi connectivity index (χ0) is 11.7. The van der Waals surface area contributed by atoms with Gasteiger partial charge >= 0.3 is 0 Å². The largest absolute Gasteiger partial charge is 0.398 e. The predicted octanol–water partition coefficient (Wildman–Crippen LogP) is 2.05. The lowest BCUT2D eigenvalue weighted by molar-refractivity contribution is 0.189. The topological polar surface area (TPSA) is 41.3 Å². The molecule has 17 heavy (non-hydrogen) atoms. The van der Waals surface area contributed by atoms with Crippen LogP contribution in [0.15, 0.2) is 11.4 Å². The Bertz CT molecular complexity index is 364. The van der Waals surface area contributed by atoms with Crippen molar-refractivity contribution in [1.82, 2.24) is 10.2 Å². The molecule has 1 aromatic rings. The normalized spacial score (nSPS) is 23.1. The fourth-order valence-electron chi connectivity index (χ4n) is 2.64. The molecule has 94 valence electrons. The van der Waals surface area contributed by atoms with E-state index in [2.05, 4.69) is 15.6 Å². The molecular formula is C13H21N3S. The summed E-state index contributed by atoms with van der Waals surface area (Å²) < 4.78 is 0. The molecule has 1 aliphatic carbocycles. The maximum atomic E-state index is 5.89. The molecule has 1 saturated carbocycles. The van der Waals surface area contributed by atoms with Gasteiger partial charge in [-0.2, -0.15) is 0 Å². The first kappa shape index (κ1) is 11.5. The number of nitrogens with one attached hydrogen (secondary N) is 1. The first-order chi connectivity index (χ1) is 8.33. The minimum absolute atomic E-state index is 0.687. The summed E-state index contributed by atoms with van der Waals surface area (Å²) in [5, 5.41) is 5.72. The standard InChI is InChI=1S/C13H21N3S/c14-12-5-8-17-13(12)9-15-10-3-6-16(7-4-10)11-1-2-11/h5,8,10-11,15H,1-4,6-7,9,14H2. The van der Waals surface area contributed by atoms with Crippen molar-refractivity contribution in [1.29, 1.82) is 0 Å². The Morgan fingerprint density at radius 2 is 2.06 bits per heavy atom. The van der Waals surface area contributed by atoms with Crippen LogP contribution in [0.3, 0.4) is 0 Å². The van der Waals surface area contributed by atoms with Crippen LogP contribution in [0.5, 0.6) is 0 Å². The second-order valence-electron chi connectivity index (χ2n) is 5.22. The van der Waals surface area contributed by atoms with Gasteiger partial charge in [0.1, 0.15) is 0 Å². The summed E-state index contributed by atoms with van der Waals surface area (Å²) in [5.41, 5.74) is 6.83. The van der Waals surface area contributed by atoms with Crippen LogP contribution in [0.4, 0.5) is 5.69 Å². The van der Waals surface area contributed by atoms with Crippen LogP contribution in [-0.4, -0.2) is 30.1 Å². The van der Waals surface area contributed by atoms with Crippen LogP contribution < -0.4 is 11.1 Å². The average Bonchev–Trinajstić information content (AvgIpc) is 3.12. The van der Waals surface area contributed by atoms with Crippen LogP contribution in [-0.2, 0) is 6.54 Å². The summed E-state index contributed by atoms with van der Waals surface area (Å²) >= 11 is 1.76. The minimum atomic E-state index is 0.687. The number of hydrogen-bond donors (Lipinski definition) is 2. The Balaban J connectivity index is 1.43. The highest BCUT2D eigenvalue weighted by Gasteiger charge is 2.31. The van der Waals surface area contributed by atoms with Gasteiger partial charge in [-0.1, -0.05) is 0 Å². The number of anilines is 1. The number of nitrogens with zero attached hydrogens (tertiary/aromatic N) is 1. The zero-order valence-corrected chi connectivity index (χ0v) is 11.0. The molecule has 2 fully saturated rings. The van der Waals surface area contributed by atoms with E-state index in [1.807, 2.05) is 6.07 Å². The van der Waals surface area contributed by atoms with Crippen molar-refractivity contribution in [2.24, 2.45) is 0 Å². The average molecular weight is 251 g/mol. The number of nitrogen functional groups attached to an aromatic ring is 1. The fourth-order valence-corrected chi connectivity index (χ4v) is 3.39. The van der Waals surface area contributed by atoms with Crippen molar-refractivity contribution in [3.63, 3.8) is 0 Å². The highest BCUT2D eigenvalue weighted by molar-refractivity contribution is 7.10. The Labute approximate surface area is 107 Å². The van der Waals surface area contributed by atoms with Gasteiger partial charge in [0.2, 0.25) is 0 Å². The van der Waals surface area contributed by atoms with E-state index in [4.69, 9.17) is 5.73 Å². The fraction of sp³-hybridized carbons (Fsp3) is 0.692. The first-order valence-corrected chi connectivity index (χ1v) is 7.50. The summed E-state index contributed by atoms with van der Waals surface area (Å²) in [6, 6.07) is 3.62. The Hall–Kier alpha value is -0.580. The number of piperidine rings is 1. The Morgan fingerprint density at radius 3 is 2.65 bits per heavy atom. The van der Waals surface area contributed by atoms with E-state index < -0.39 is 0 Å². The van der Waals surface area contributed by atoms with Crippen molar-refractivity contribution < 1.29 is 0 Å². The van der Waals surface area contributed by atoms with E-state index in [0.29, 0.717) is 6.04 Å². The predicted molar refractivity (Wildman–Crippen MR) is 73.2 cm³/mol. The van der Waals surface area contributed by atoms with Gasteiger partial charge in [0.25, 0.3) is 0 Å². The smallest absolute Gasteiger partial charge is 0.0468 e. The van der Waals surface area contributed by atoms with Crippen LogP contribution in [0.1, 0.15) is 30.6 Å². The number of nitrogens with two attached hydrogens (primary N) is 1. The number of likely N-dealkylation sites (tertiary alicyclic amines) is 1. The lowest BCUT2D eigenvalue weighted by Crippen LogP contribution is -2.43. The second kappa shape index (κ2) is 4.96. The molecule has 3 rings (SSSR count). The molecule has 3 nitrogen and oxygen atoms in total. The van der Waals surface area contributed by atoms with Crippen molar-refractivity contribution >= 4 is 17.0 Å². The molecule has 0 spiro atoms. The summed E-state index contributed by atoms with van der Waals surface area (Å²) in [6.45, 7) is 3.50. The van der Waals surface area contributed by atoms with Crippen molar-refractivity contribution in [3.8, 4) is 0 Å². The van der Waals surface area contributed by atoms with E-state index in [-0.39, 0.29) is 0 Å². The zero-order valence-electron chi connectivity index (χ0n) is 10.2. The maximum absolute atomic E-state index is 5.89. The van der Waals surface area contributed by atoms with E-state index in [0.717, 1.165) is 18.3 Å². The summed E-state index contributed by atoms with van der Waals surface area (Å²) in [4.78, 5) is 3.95. The van der Waals surface area contributed by atoms with Gasteiger partial charge in [-0.05, 0) is 50.2 Å². The molecule has 0 amide bonds. The van der Waals surface area contributed by atoms with Crippen LogP contribution in [0.2, 0.25) is 0 Å². The van der Waals surface area contributed by atoms with Gasteiger partial charge in [-0.15, -0.1) is 11.3 Å². The lowest BCUT2D eigenvalue weighted by atomic mass is 10.0. The van der Waals surface area contributed by atoms with Crippen LogP contribution >= 0.6 is 11.3 Å². The van der Waals surface area contributed by atoms with Crippen LogP contribution in [0, 0.1) is 0 Å². The van der Waals surface area contributed by atoms with Crippen LogP contribution in [0.25, 0.3) is 0 Å². The lowest BCUT2D eigenvalue weighted by Gasteiger charge is -2.32. The summed E-state index contributed by atoms with van der Waals surface area (Å²) in [6.07, 6.45) is 5.46. The summed E-state index contributed by atoms with van der Waals surface area (Å²) in [5.74, 6) is 0. The van der Waals surface area contributed by atoms with Gasteiger partial charge in [-0.3, -0.25) is 0 Å². The highest BCUT2D eigenvalue weighted by Crippen LogP contribution is 2.29. The molecule has 0 radical (unpaired) electrons. The van der Waals surface area contributed by atoms with E-state index in [1.54, 1.807) is 11.3 Å². The van der Waals surface area contributed by atoms with Gasteiger partial charge < -0.3 is 16.0 Å². The molecule has 3 N–H and O–H groups in total. The number of thiophene rings is 1. The van der Waals surface area contributed by atoms with Gasteiger partial charge in [0.15, 0.2) is 0 Å². The minimum Gasteiger partial charge on any atom is -0.398 e. The van der Waals surface area contributed by atoms with E-state index in [9.17, 15) is 0 Å². The van der Waals surface area contributed by atoms with Crippen molar-refractivity contribution in [2.45, 2.75) is 44.3 Å².